The molecule has 0 fully saturated rings. The minimum atomic E-state index is -0.893. The van der Waals surface area contributed by atoms with E-state index in [-0.39, 0.29) is 0 Å². The van der Waals surface area contributed by atoms with E-state index in [9.17, 15) is 4.79 Å². The van der Waals surface area contributed by atoms with Gasteiger partial charge in [-0.25, -0.2) is 4.79 Å². The monoisotopic (exact) mass is 273 g/mol. The van der Waals surface area contributed by atoms with Crippen molar-refractivity contribution in [2.75, 3.05) is 11.6 Å². The Morgan fingerprint density at radius 3 is 2.58 bits per heavy atom. The Morgan fingerprint density at radius 1 is 1.16 bits per heavy atom. The normalized spacial score (nSPS) is 10.2. The van der Waals surface area contributed by atoms with Crippen LogP contribution in [0.3, 0.4) is 0 Å². The van der Waals surface area contributed by atoms with Crippen molar-refractivity contribution >= 4 is 23.4 Å². The van der Waals surface area contributed by atoms with Gasteiger partial charge in [-0.05, 0) is 30.0 Å². The van der Waals surface area contributed by atoms with E-state index in [4.69, 9.17) is 5.11 Å². The van der Waals surface area contributed by atoms with E-state index in [0.717, 1.165) is 16.1 Å². The molecule has 0 radical (unpaired) electrons. The van der Waals surface area contributed by atoms with E-state index in [1.807, 2.05) is 42.7 Å². The maximum Gasteiger partial charge on any atom is 0.336 e. The van der Waals surface area contributed by atoms with Crippen LogP contribution in [0.1, 0.15) is 15.9 Å². The van der Waals surface area contributed by atoms with Gasteiger partial charge >= 0.3 is 5.97 Å². The maximum absolute atomic E-state index is 11.1. The highest BCUT2D eigenvalue weighted by Crippen LogP contribution is 2.25. The van der Waals surface area contributed by atoms with Gasteiger partial charge in [0.05, 0.1) is 5.56 Å². The molecule has 0 saturated carbocycles. The SMILES string of the molecule is CSc1ccccc1NCc1ccccc1C(=O)O. The molecule has 0 aromatic heterocycles. The number of thioether (sulfide) groups is 1. The first-order chi connectivity index (χ1) is 9.22. The lowest BCUT2D eigenvalue weighted by Crippen LogP contribution is -2.07. The van der Waals surface area contributed by atoms with Crippen molar-refractivity contribution in [3.63, 3.8) is 0 Å². The zero-order valence-corrected chi connectivity index (χ0v) is 11.4. The molecule has 98 valence electrons. The molecule has 0 atom stereocenters. The number of benzene rings is 2. The van der Waals surface area contributed by atoms with Gasteiger partial charge in [0.25, 0.3) is 0 Å². The highest BCUT2D eigenvalue weighted by atomic mass is 32.2. The zero-order chi connectivity index (χ0) is 13.7. The van der Waals surface area contributed by atoms with Gasteiger partial charge in [0, 0.05) is 17.1 Å². The third kappa shape index (κ3) is 3.29. The Labute approximate surface area is 116 Å². The van der Waals surface area contributed by atoms with Crippen LogP contribution >= 0.6 is 11.8 Å². The third-order valence-corrected chi connectivity index (χ3v) is 3.62. The number of para-hydroxylation sites is 1. The second kappa shape index (κ2) is 6.29. The fourth-order valence-corrected chi connectivity index (χ4v) is 2.44. The molecular formula is C15H15NO2S. The lowest BCUT2D eigenvalue weighted by atomic mass is 10.1. The van der Waals surface area contributed by atoms with Crippen LogP contribution in [0.5, 0.6) is 0 Å². The first-order valence-corrected chi connectivity index (χ1v) is 7.13. The Morgan fingerprint density at radius 2 is 1.84 bits per heavy atom. The largest absolute Gasteiger partial charge is 0.478 e. The summed E-state index contributed by atoms with van der Waals surface area (Å²) in [6.07, 6.45) is 2.02. The summed E-state index contributed by atoms with van der Waals surface area (Å²) in [5.41, 5.74) is 2.15. The summed E-state index contributed by atoms with van der Waals surface area (Å²) in [4.78, 5) is 12.3. The van der Waals surface area contributed by atoms with Crippen LogP contribution in [0.15, 0.2) is 53.4 Å². The summed E-state index contributed by atoms with van der Waals surface area (Å²) < 4.78 is 0. The maximum atomic E-state index is 11.1. The Bertz CT molecular complexity index is 584. The van der Waals surface area contributed by atoms with Crippen molar-refractivity contribution in [1.29, 1.82) is 0 Å². The average Bonchev–Trinajstić information content (AvgIpc) is 2.45. The van der Waals surface area contributed by atoms with E-state index < -0.39 is 5.97 Å². The van der Waals surface area contributed by atoms with Gasteiger partial charge < -0.3 is 10.4 Å². The quantitative estimate of drug-likeness (QED) is 0.815. The highest BCUT2D eigenvalue weighted by Gasteiger charge is 2.09. The number of carboxylic acids is 1. The number of hydrogen-bond donors (Lipinski definition) is 2. The molecule has 0 aliphatic rings. The minimum Gasteiger partial charge on any atom is -0.478 e. The highest BCUT2D eigenvalue weighted by molar-refractivity contribution is 7.98. The molecule has 0 saturated heterocycles. The summed E-state index contributed by atoms with van der Waals surface area (Å²) >= 11 is 1.66. The molecule has 2 N–H and O–H groups in total. The molecular weight excluding hydrogens is 258 g/mol. The van der Waals surface area contributed by atoms with Crippen molar-refractivity contribution < 1.29 is 9.90 Å². The number of carboxylic acid groups (broad SMARTS) is 1. The van der Waals surface area contributed by atoms with Crippen molar-refractivity contribution in [3.05, 3.63) is 59.7 Å². The summed E-state index contributed by atoms with van der Waals surface area (Å²) in [7, 11) is 0. The van der Waals surface area contributed by atoms with E-state index in [1.165, 1.54) is 0 Å². The number of rotatable bonds is 5. The van der Waals surface area contributed by atoms with Gasteiger partial charge in [0.15, 0.2) is 0 Å². The van der Waals surface area contributed by atoms with E-state index in [0.29, 0.717) is 12.1 Å². The predicted octanol–water partition coefficient (Wildman–Crippen LogP) is 3.72. The van der Waals surface area contributed by atoms with Crippen LogP contribution < -0.4 is 5.32 Å². The van der Waals surface area contributed by atoms with Crippen LogP contribution in [-0.2, 0) is 6.54 Å². The molecule has 3 nitrogen and oxygen atoms in total. The standard InChI is InChI=1S/C15H15NO2S/c1-19-14-9-5-4-8-13(14)16-10-11-6-2-3-7-12(11)15(17)18/h2-9,16H,10H2,1H3,(H,17,18). The van der Waals surface area contributed by atoms with Gasteiger partial charge in [-0.2, -0.15) is 0 Å². The van der Waals surface area contributed by atoms with Crippen molar-refractivity contribution in [2.45, 2.75) is 11.4 Å². The molecule has 0 bridgehead atoms. The third-order valence-electron chi connectivity index (χ3n) is 2.82. The van der Waals surface area contributed by atoms with Gasteiger partial charge in [-0.3, -0.25) is 0 Å². The molecule has 19 heavy (non-hydrogen) atoms. The molecule has 0 amide bonds. The first-order valence-electron chi connectivity index (χ1n) is 5.90. The van der Waals surface area contributed by atoms with Gasteiger partial charge in [0.1, 0.15) is 0 Å². The molecule has 2 rings (SSSR count). The van der Waals surface area contributed by atoms with Crippen LogP contribution in [0.25, 0.3) is 0 Å². The van der Waals surface area contributed by atoms with Crippen LogP contribution in [0.2, 0.25) is 0 Å². The first kappa shape index (κ1) is 13.5. The summed E-state index contributed by atoms with van der Waals surface area (Å²) in [5.74, 6) is -0.893. The number of carbonyl (C=O) groups is 1. The predicted molar refractivity (Wildman–Crippen MR) is 79.0 cm³/mol. The zero-order valence-electron chi connectivity index (χ0n) is 10.6. The summed E-state index contributed by atoms with van der Waals surface area (Å²) in [6.45, 7) is 0.500. The Balaban J connectivity index is 2.17. The molecule has 4 heteroatoms. The average molecular weight is 273 g/mol. The second-order valence-electron chi connectivity index (χ2n) is 4.02. The Kier molecular flexibility index (Phi) is 4.47. The smallest absolute Gasteiger partial charge is 0.336 e. The molecule has 0 aliphatic carbocycles. The van der Waals surface area contributed by atoms with Gasteiger partial charge in [-0.1, -0.05) is 30.3 Å². The van der Waals surface area contributed by atoms with E-state index in [2.05, 4.69) is 5.32 Å². The van der Waals surface area contributed by atoms with Crippen molar-refractivity contribution in [1.82, 2.24) is 0 Å². The number of nitrogens with one attached hydrogen (secondary N) is 1. The lowest BCUT2D eigenvalue weighted by molar-refractivity contribution is 0.0696. The van der Waals surface area contributed by atoms with Crippen LogP contribution in [0, 0.1) is 0 Å². The van der Waals surface area contributed by atoms with E-state index >= 15 is 0 Å². The molecule has 0 spiro atoms. The van der Waals surface area contributed by atoms with Crippen LogP contribution in [-0.4, -0.2) is 17.3 Å². The van der Waals surface area contributed by atoms with Gasteiger partial charge in [-0.15, -0.1) is 11.8 Å². The van der Waals surface area contributed by atoms with E-state index in [1.54, 1.807) is 23.9 Å². The fourth-order valence-electron chi connectivity index (χ4n) is 1.86. The summed E-state index contributed by atoms with van der Waals surface area (Å²) in [6, 6.07) is 15.0. The van der Waals surface area contributed by atoms with Crippen molar-refractivity contribution in [2.24, 2.45) is 0 Å². The summed E-state index contributed by atoms with van der Waals surface area (Å²) in [5, 5.41) is 12.4. The topological polar surface area (TPSA) is 49.3 Å². The van der Waals surface area contributed by atoms with Crippen LogP contribution in [0.4, 0.5) is 5.69 Å². The fraction of sp³-hybridized carbons (Fsp3) is 0.133. The second-order valence-corrected chi connectivity index (χ2v) is 4.86. The minimum absolute atomic E-state index is 0.344. The Hall–Kier alpha value is -1.94. The molecule has 0 unspecified atom stereocenters. The number of anilines is 1. The molecule has 2 aromatic rings. The molecule has 0 aliphatic heterocycles. The van der Waals surface area contributed by atoms with Crippen molar-refractivity contribution in [3.8, 4) is 0 Å². The van der Waals surface area contributed by atoms with Gasteiger partial charge in [0.2, 0.25) is 0 Å². The molecule has 2 aromatic carbocycles. The number of hydrogen-bond acceptors (Lipinski definition) is 3. The number of aromatic carboxylic acids is 1. The lowest BCUT2D eigenvalue weighted by Gasteiger charge is -2.11. The molecule has 0 heterocycles.